The van der Waals surface area contributed by atoms with Gasteiger partial charge in [-0.2, -0.15) is 0 Å². The number of hydrogen-bond acceptors (Lipinski definition) is 0. The van der Waals surface area contributed by atoms with Gasteiger partial charge in [-0.1, -0.05) is 36.8 Å². The third-order valence-electron chi connectivity index (χ3n) is 3.87. The molecule has 0 aromatic heterocycles. The van der Waals surface area contributed by atoms with Crippen LogP contribution in [0.25, 0.3) is 5.57 Å². The van der Waals surface area contributed by atoms with Crippen LogP contribution in [-0.4, -0.2) is 0 Å². The van der Waals surface area contributed by atoms with Gasteiger partial charge in [-0.15, -0.1) is 0 Å². The second-order valence-electron chi connectivity index (χ2n) is 4.87. The lowest BCUT2D eigenvalue weighted by atomic mass is 9.79. The van der Waals surface area contributed by atoms with Gasteiger partial charge in [0.2, 0.25) is 0 Å². The van der Waals surface area contributed by atoms with E-state index in [1.807, 2.05) is 0 Å². The molecule has 0 nitrogen and oxygen atoms in total. The van der Waals surface area contributed by atoms with Gasteiger partial charge in [-0.05, 0) is 54.7 Å². The summed E-state index contributed by atoms with van der Waals surface area (Å²) in [5.74, 6) is 0.868. The molecule has 0 saturated heterocycles. The quantitative estimate of drug-likeness (QED) is 0.655. The minimum Gasteiger partial charge on any atom is -0.0807 e. The zero-order valence-electron chi connectivity index (χ0n) is 9.21. The first-order valence-electron chi connectivity index (χ1n) is 6.23. The van der Waals surface area contributed by atoms with E-state index in [-0.39, 0.29) is 0 Å². The summed E-state index contributed by atoms with van der Waals surface area (Å²) in [6.07, 6.45) is 10.6. The second-order valence-corrected chi connectivity index (χ2v) is 4.87. The van der Waals surface area contributed by atoms with Crippen LogP contribution in [0.5, 0.6) is 0 Å². The Hall–Kier alpha value is -1.04. The van der Waals surface area contributed by atoms with Crippen LogP contribution in [0, 0.1) is 0 Å². The molecule has 0 spiro atoms. The molecule has 0 amide bonds. The molecule has 0 bridgehead atoms. The molecule has 0 unspecified atom stereocenters. The van der Waals surface area contributed by atoms with Crippen LogP contribution in [0.15, 0.2) is 30.3 Å². The molecule has 0 atom stereocenters. The van der Waals surface area contributed by atoms with Gasteiger partial charge in [0.1, 0.15) is 0 Å². The molecule has 1 saturated carbocycles. The van der Waals surface area contributed by atoms with Crippen molar-refractivity contribution < 1.29 is 0 Å². The van der Waals surface area contributed by atoms with Gasteiger partial charge in [0, 0.05) is 0 Å². The standard InChI is InChI=1S/C15H18/c1-2-6-12(5-1)14-9-4-10-15(11-14)13-7-3-8-13/h4-5,9-11,13H,1-3,6-8H2. The van der Waals surface area contributed by atoms with Gasteiger partial charge in [-0.3, -0.25) is 0 Å². The fraction of sp³-hybridized carbons (Fsp3) is 0.467. The number of benzene rings is 1. The molecule has 0 radical (unpaired) electrons. The highest BCUT2D eigenvalue weighted by molar-refractivity contribution is 5.67. The van der Waals surface area contributed by atoms with Crippen molar-refractivity contribution in [3.63, 3.8) is 0 Å². The van der Waals surface area contributed by atoms with E-state index >= 15 is 0 Å². The normalized spacial score (nSPS) is 21.2. The van der Waals surface area contributed by atoms with E-state index in [0.29, 0.717) is 0 Å². The van der Waals surface area contributed by atoms with Crippen molar-refractivity contribution >= 4 is 5.57 Å². The lowest BCUT2D eigenvalue weighted by Gasteiger charge is -2.26. The van der Waals surface area contributed by atoms with Crippen molar-refractivity contribution in [1.82, 2.24) is 0 Å². The topological polar surface area (TPSA) is 0 Å². The highest BCUT2D eigenvalue weighted by Crippen LogP contribution is 2.38. The maximum Gasteiger partial charge on any atom is -0.0162 e. The summed E-state index contributed by atoms with van der Waals surface area (Å²) < 4.78 is 0. The largest absolute Gasteiger partial charge is 0.0807 e. The molecular formula is C15H18. The number of hydrogen-bond donors (Lipinski definition) is 0. The van der Waals surface area contributed by atoms with Gasteiger partial charge in [-0.25, -0.2) is 0 Å². The Morgan fingerprint density at radius 3 is 2.67 bits per heavy atom. The maximum atomic E-state index is 2.43. The summed E-state index contributed by atoms with van der Waals surface area (Å²) in [5.41, 5.74) is 4.64. The third kappa shape index (κ3) is 1.73. The van der Waals surface area contributed by atoms with Crippen molar-refractivity contribution in [3.05, 3.63) is 41.5 Å². The summed E-state index contributed by atoms with van der Waals surface area (Å²) in [6.45, 7) is 0. The molecule has 1 aromatic rings. The van der Waals surface area contributed by atoms with E-state index in [1.165, 1.54) is 44.1 Å². The highest BCUT2D eigenvalue weighted by atomic mass is 14.2. The first kappa shape index (κ1) is 9.21. The molecule has 3 rings (SSSR count). The molecule has 0 N–H and O–H groups in total. The van der Waals surface area contributed by atoms with E-state index in [4.69, 9.17) is 0 Å². The number of rotatable bonds is 2. The summed E-state index contributed by atoms with van der Waals surface area (Å²) in [6, 6.07) is 9.26. The lowest BCUT2D eigenvalue weighted by molar-refractivity contribution is 0.419. The first-order valence-corrected chi connectivity index (χ1v) is 6.23. The summed E-state index contributed by atoms with van der Waals surface area (Å²) in [7, 11) is 0. The van der Waals surface area contributed by atoms with E-state index in [2.05, 4.69) is 30.3 Å². The van der Waals surface area contributed by atoms with Crippen LogP contribution in [0.1, 0.15) is 55.6 Å². The van der Waals surface area contributed by atoms with Gasteiger partial charge in [0.25, 0.3) is 0 Å². The third-order valence-corrected chi connectivity index (χ3v) is 3.87. The Morgan fingerprint density at radius 1 is 1.07 bits per heavy atom. The van der Waals surface area contributed by atoms with Gasteiger partial charge >= 0.3 is 0 Å². The molecular weight excluding hydrogens is 180 g/mol. The summed E-state index contributed by atoms with van der Waals surface area (Å²) in [4.78, 5) is 0. The minimum atomic E-state index is 0.868. The van der Waals surface area contributed by atoms with E-state index in [0.717, 1.165) is 5.92 Å². The second kappa shape index (κ2) is 3.84. The minimum absolute atomic E-state index is 0.868. The molecule has 2 aliphatic rings. The van der Waals surface area contributed by atoms with Crippen LogP contribution in [-0.2, 0) is 0 Å². The fourth-order valence-electron chi connectivity index (χ4n) is 2.67. The molecule has 1 fully saturated rings. The summed E-state index contributed by atoms with van der Waals surface area (Å²) >= 11 is 0. The van der Waals surface area contributed by atoms with E-state index in [9.17, 15) is 0 Å². The SMILES string of the molecule is C1=C(c2cccc(C3CCC3)c2)CCC1. The lowest BCUT2D eigenvalue weighted by Crippen LogP contribution is -2.08. The summed E-state index contributed by atoms with van der Waals surface area (Å²) in [5, 5.41) is 0. The Bertz CT molecular complexity index is 383. The first-order chi connectivity index (χ1) is 7.43. The predicted octanol–water partition coefficient (Wildman–Crippen LogP) is 4.52. The highest BCUT2D eigenvalue weighted by Gasteiger charge is 2.19. The molecule has 1 aromatic carbocycles. The van der Waals surface area contributed by atoms with Crippen molar-refractivity contribution in [1.29, 1.82) is 0 Å². The van der Waals surface area contributed by atoms with E-state index in [1.54, 1.807) is 11.1 Å². The monoisotopic (exact) mass is 198 g/mol. The zero-order valence-corrected chi connectivity index (χ0v) is 9.21. The van der Waals surface area contributed by atoms with Crippen LogP contribution >= 0.6 is 0 Å². The fourth-order valence-corrected chi connectivity index (χ4v) is 2.67. The molecule has 0 heterocycles. The van der Waals surface area contributed by atoms with Crippen molar-refractivity contribution in [2.24, 2.45) is 0 Å². The Morgan fingerprint density at radius 2 is 2.00 bits per heavy atom. The van der Waals surface area contributed by atoms with Crippen LogP contribution < -0.4 is 0 Å². The Kier molecular flexibility index (Phi) is 2.36. The molecule has 15 heavy (non-hydrogen) atoms. The van der Waals surface area contributed by atoms with Crippen molar-refractivity contribution in [2.75, 3.05) is 0 Å². The maximum absolute atomic E-state index is 2.43. The Labute approximate surface area is 92.0 Å². The molecule has 0 aliphatic heterocycles. The van der Waals surface area contributed by atoms with Crippen molar-refractivity contribution in [2.45, 2.75) is 44.4 Å². The Balaban J connectivity index is 1.88. The molecule has 2 aliphatic carbocycles. The predicted molar refractivity (Wildman–Crippen MR) is 64.9 cm³/mol. The van der Waals surface area contributed by atoms with Crippen LogP contribution in [0.3, 0.4) is 0 Å². The zero-order chi connectivity index (χ0) is 10.1. The van der Waals surface area contributed by atoms with Gasteiger partial charge < -0.3 is 0 Å². The van der Waals surface area contributed by atoms with Crippen molar-refractivity contribution in [3.8, 4) is 0 Å². The van der Waals surface area contributed by atoms with E-state index < -0.39 is 0 Å². The average Bonchev–Trinajstić information content (AvgIpc) is 2.68. The molecule has 0 heteroatoms. The smallest absolute Gasteiger partial charge is 0.0162 e. The number of allylic oxidation sites excluding steroid dienone is 2. The van der Waals surface area contributed by atoms with Crippen LogP contribution in [0.4, 0.5) is 0 Å². The average molecular weight is 198 g/mol. The van der Waals surface area contributed by atoms with Crippen LogP contribution in [0.2, 0.25) is 0 Å². The van der Waals surface area contributed by atoms with Gasteiger partial charge in [0.05, 0.1) is 0 Å². The molecule has 78 valence electrons. The van der Waals surface area contributed by atoms with Gasteiger partial charge in [0.15, 0.2) is 0 Å².